The van der Waals surface area contributed by atoms with Gasteiger partial charge in [-0.25, -0.2) is 0 Å². The molecule has 1 aliphatic rings. The van der Waals surface area contributed by atoms with Crippen LogP contribution in [0.5, 0.6) is 0 Å². The normalized spacial score (nSPS) is 21.3. The van der Waals surface area contributed by atoms with E-state index >= 15 is 0 Å². The lowest BCUT2D eigenvalue weighted by Crippen LogP contribution is -2.31. The lowest BCUT2D eigenvalue weighted by molar-refractivity contribution is 0.627. The van der Waals surface area contributed by atoms with Crippen molar-refractivity contribution in [1.29, 1.82) is 0 Å². The molecule has 182 valence electrons. The molecule has 1 aliphatic heterocycles. The summed E-state index contributed by atoms with van der Waals surface area (Å²) in [4.78, 5) is 0. The second kappa shape index (κ2) is 11.7. The van der Waals surface area contributed by atoms with Gasteiger partial charge in [0.05, 0.1) is 8.07 Å². The number of rotatable bonds is 9. The van der Waals surface area contributed by atoms with Crippen LogP contribution in [0, 0.1) is 6.66 Å². The van der Waals surface area contributed by atoms with Gasteiger partial charge < -0.3 is 0 Å². The number of hydrogen-bond donors (Lipinski definition) is 0. The maximum absolute atomic E-state index is 5.30. The maximum Gasteiger partial charge on any atom is 0.103 e. The van der Waals surface area contributed by atoms with Crippen LogP contribution in [0.4, 0.5) is 0 Å². The van der Waals surface area contributed by atoms with E-state index in [0.29, 0.717) is 11.3 Å². The highest BCUT2D eigenvalue weighted by molar-refractivity contribution is 7.87. The highest BCUT2D eigenvalue weighted by Crippen LogP contribution is 2.86. The lowest BCUT2D eigenvalue weighted by atomic mass is 10.1. The van der Waals surface area contributed by atoms with Crippen molar-refractivity contribution in [2.24, 2.45) is 0 Å². The molecule has 0 N–H and O–H groups in total. The molecule has 1 nitrogen and oxygen atoms in total. The summed E-state index contributed by atoms with van der Waals surface area (Å²) in [5, 5.41) is 2.81. The Bertz CT molecular complexity index is 1150. The second-order valence-electron chi connectivity index (χ2n) is 9.41. The molecule has 0 amide bonds. The molecule has 0 saturated heterocycles. The SMILES string of the molecule is [CH2-][P+]1(N(CCCC)P(c2ccccc2)c2ccccc2)[C@@H](c2ccccc2)C=C[C@H]1c1ccccc1. The van der Waals surface area contributed by atoms with Gasteiger partial charge in [0.1, 0.15) is 11.3 Å². The third-order valence-corrected chi connectivity index (χ3v) is 14.8. The molecule has 1 unspecified atom stereocenters. The molecule has 0 saturated carbocycles. The van der Waals surface area contributed by atoms with E-state index in [4.69, 9.17) is 6.66 Å². The Hall–Kier alpha value is -2.56. The molecule has 4 aromatic carbocycles. The summed E-state index contributed by atoms with van der Waals surface area (Å²) in [6.45, 7) is 8.66. The average Bonchev–Trinajstić information content (AvgIpc) is 3.30. The number of nitrogens with zero attached hydrogens (tertiary/aromatic N) is 1. The molecule has 3 atom stereocenters. The number of allylic oxidation sites excluding steroid dienone is 2. The fourth-order valence-electron chi connectivity index (χ4n) is 5.31. The van der Waals surface area contributed by atoms with Crippen molar-refractivity contribution < 1.29 is 0 Å². The molecule has 36 heavy (non-hydrogen) atoms. The van der Waals surface area contributed by atoms with Gasteiger partial charge in [0.15, 0.2) is 0 Å². The summed E-state index contributed by atoms with van der Waals surface area (Å²) in [5.74, 6) is 0. The summed E-state index contributed by atoms with van der Waals surface area (Å²) in [6.07, 6.45) is 7.27. The quantitative estimate of drug-likeness (QED) is 0.124. The van der Waals surface area contributed by atoms with Gasteiger partial charge in [-0.15, -0.1) is 0 Å². The van der Waals surface area contributed by atoms with Crippen LogP contribution < -0.4 is 10.6 Å². The van der Waals surface area contributed by atoms with E-state index < -0.39 is 15.5 Å². The molecular weight excluding hydrogens is 472 g/mol. The van der Waals surface area contributed by atoms with Gasteiger partial charge in [-0.3, -0.25) is 0 Å². The first kappa shape index (κ1) is 25.1. The molecule has 0 bridgehead atoms. The Morgan fingerprint density at radius 2 is 1.03 bits per heavy atom. The zero-order valence-corrected chi connectivity index (χ0v) is 22.8. The van der Waals surface area contributed by atoms with Crippen molar-refractivity contribution in [3.8, 4) is 0 Å². The van der Waals surface area contributed by atoms with Crippen molar-refractivity contribution in [2.45, 2.75) is 31.1 Å². The van der Waals surface area contributed by atoms with E-state index in [9.17, 15) is 0 Å². The van der Waals surface area contributed by atoms with Gasteiger partial charge in [0.25, 0.3) is 0 Å². The summed E-state index contributed by atoms with van der Waals surface area (Å²) in [7, 11) is -2.75. The third kappa shape index (κ3) is 4.99. The molecule has 0 fully saturated rings. The highest BCUT2D eigenvalue weighted by atomic mass is 31.2. The van der Waals surface area contributed by atoms with Crippen molar-refractivity contribution >= 4 is 26.1 Å². The predicted molar refractivity (Wildman–Crippen MR) is 160 cm³/mol. The number of hydrogen-bond acceptors (Lipinski definition) is 1. The number of unbranched alkanes of at least 4 members (excludes halogenated alkanes) is 1. The van der Waals surface area contributed by atoms with E-state index in [1.165, 1.54) is 34.6 Å². The maximum atomic E-state index is 5.30. The van der Waals surface area contributed by atoms with Gasteiger partial charge in [0.2, 0.25) is 0 Å². The Balaban J connectivity index is 1.72. The van der Waals surface area contributed by atoms with E-state index in [1.54, 1.807) is 0 Å². The molecule has 3 heteroatoms. The standard InChI is InChI=1S/C33H35NP2/c1-3-4-27-34(35(30-21-13-7-14-22-30)31-23-15-8-16-24-31)36(2)32(28-17-9-5-10-18-28)25-26-33(36)29-19-11-6-12-20-29/h5-26,32-33H,2-4,27H2,1H3/t32-,33+,36?. The topological polar surface area (TPSA) is 3.24 Å². The van der Waals surface area contributed by atoms with Crippen molar-refractivity contribution in [1.82, 2.24) is 4.44 Å². The van der Waals surface area contributed by atoms with Gasteiger partial charge in [-0.1, -0.05) is 135 Å². The largest absolute Gasteiger partial charge is 0.179 e. The molecule has 0 aliphatic carbocycles. The Morgan fingerprint density at radius 1 is 0.639 bits per heavy atom. The molecule has 0 aromatic heterocycles. The predicted octanol–water partition coefficient (Wildman–Crippen LogP) is 8.91. The molecule has 4 aromatic rings. The number of benzene rings is 4. The molecule has 0 spiro atoms. The lowest BCUT2D eigenvalue weighted by Gasteiger charge is -2.49. The van der Waals surface area contributed by atoms with Crippen LogP contribution in [0.15, 0.2) is 133 Å². The average molecular weight is 508 g/mol. The van der Waals surface area contributed by atoms with Crippen molar-refractivity contribution in [2.75, 3.05) is 6.54 Å². The first-order valence-corrected chi connectivity index (χ1v) is 16.3. The summed E-state index contributed by atoms with van der Waals surface area (Å²) >= 11 is 0. The first-order chi connectivity index (χ1) is 17.7. The fourth-order valence-corrected chi connectivity index (χ4v) is 13.6. The van der Waals surface area contributed by atoms with Gasteiger partial charge >= 0.3 is 0 Å². The first-order valence-electron chi connectivity index (χ1n) is 12.9. The molecule has 5 rings (SSSR count). The molecule has 1 heterocycles. The second-order valence-corrected chi connectivity index (χ2v) is 15.2. The highest BCUT2D eigenvalue weighted by Gasteiger charge is 2.53. The molecular formula is C33H35NP2. The Kier molecular flexibility index (Phi) is 8.13. The van der Waals surface area contributed by atoms with Crippen LogP contribution in [0.2, 0.25) is 0 Å². The van der Waals surface area contributed by atoms with Crippen molar-refractivity contribution in [3.05, 3.63) is 151 Å². The van der Waals surface area contributed by atoms with Gasteiger partial charge in [-0.2, -0.15) is 11.1 Å². The van der Waals surface area contributed by atoms with Crippen LogP contribution in [-0.2, 0) is 0 Å². The van der Waals surface area contributed by atoms with E-state index in [1.807, 2.05) is 0 Å². The van der Waals surface area contributed by atoms with Crippen LogP contribution >= 0.6 is 15.5 Å². The van der Waals surface area contributed by atoms with Crippen LogP contribution in [-0.4, -0.2) is 11.0 Å². The zero-order chi connectivity index (χ0) is 24.8. The summed E-state index contributed by atoms with van der Waals surface area (Å²) in [6, 6.07) is 44.5. The minimum absolute atomic E-state index is 0.304. The van der Waals surface area contributed by atoms with Crippen LogP contribution in [0.3, 0.4) is 0 Å². The minimum atomic E-state index is -2.01. The van der Waals surface area contributed by atoms with E-state index in [0.717, 1.165) is 6.54 Å². The zero-order valence-electron chi connectivity index (χ0n) is 21.0. The van der Waals surface area contributed by atoms with Gasteiger partial charge in [0, 0.05) is 6.54 Å². The van der Waals surface area contributed by atoms with Crippen molar-refractivity contribution in [3.63, 3.8) is 0 Å². The van der Waals surface area contributed by atoms with Crippen LogP contribution in [0.25, 0.3) is 0 Å². The molecule has 0 radical (unpaired) electrons. The van der Waals surface area contributed by atoms with E-state index in [2.05, 4.69) is 145 Å². The fraction of sp³-hybridized carbons (Fsp3) is 0.182. The monoisotopic (exact) mass is 507 g/mol. The Labute approximate surface area is 219 Å². The minimum Gasteiger partial charge on any atom is -0.179 e. The summed E-state index contributed by atoms with van der Waals surface area (Å²) in [5.41, 5.74) is 3.37. The third-order valence-electron chi connectivity index (χ3n) is 7.10. The smallest absolute Gasteiger partial charge is 0.103 e. The Morgan fingerprint density at radius 3 is 1.42 bits per heavy atom. The van der Waals surface area contributed by atoms with E-state index in [-0.39, 0.29) is 0 Å². The summed E-state index contributed by atoms with van der Waals surface area (Å²) < 4.78 is 2.89. The van der Waals surface area contributed by atoms with Gasteiger partial charge in [-0.05, 0) is 47.7 Å². The van der Waals surface area contributed by atoms with Crippen LogP contribution in [0.1, 0.15) is 42.2 Å².